The SMILES string of the molecule is CCc1onc(C)c1C(=O)N1CCC[C@H](c2nc(Nc3ccccc3)n3ccsc23)C1. The number of carbonyl (C=O) groups excluding carboxylic acids is 1. The summed E-state index contributed by atoms with van der Waals surface area (Å²) >= 11 is 1.69. The minimum atomic E-state index is 0.0181. The van der Waals surface area contributed by atoms with Crippen molar-refractivity contribution in [3.8, 4) is 0 Å². The van der Waals surface area contributed by atoms with E-state index in [4.69, 9.17) is 9.51 Å². The van der Waals surface area contributed by atoms with Crippen molar-refractivity contribution in [2.45, 2.75) is 39.0 Å². The molecule has 0 spiro atoms. The number of aryl methyl sites for hydroxylation is 2. The number of benzene rings is 1. The first-order valence-corrected chi connectivity index (χ1v) is 11.6. The van der Waals surface area contributed by atoms with Crippen molar-refractivity contribution in [2.24, 2.45) is 0 Å². The average Bonchev–Trinajstić information content (AvgIpc) is 3.50. The Kier molecular flexibility index (Phi) is 5.23. The van der Waals surface area contributed by atoms with Crippen LogP contribution >= 0.6 is 11.3 Å². The lowest BCUT2D eigenvalue weighted by molar-refractivity contribution is 0.0703. The molecule has 1 aliphatic heterocycles. The van der Waals surface area contributed by atoms with E-state index in [1.54, 1.807) is 11.3 Å². The number of nitrogens with zero attached hydrogens (tertiary/aromatic N) is 4. The number of thiazole rings is 1. The van der Waals surface area contributed by atoms with Gasteiger partial charge in [-0.05, 0) is 31.9 Å². The Morgan fingerprint density at radius 2 is 2.16 bits per heavy atom. The molecule has 1 saturated heterocycles. The molecule has 1 aromatic carbocycles. The zero-order chi connectivity index (χ0) is 21.4. The van der Waals surface area contributed by atoms with Gasteiger partial charge < -0.3 is 14.7 Å². The van der Waals surface area contributed by atoms with Gasteiger partial charge >= 0.3 is 0 Å². The van der Waals surface area contributed by atoms with Crippen LogP contribution in [-0.2, 0) is 6.42 Å². The topological polar surface area (TPSA) is 75.7 Å². The molecule has 5 rings (SSSR count). The molecule has 1 amide bonds. The van der Waals surface area contributed by atoms with Crippen LogP contribution in [0.25, 0.3) is 4.83 Å². The Morgan fingerprint density at radius 3 is 2.97 bits per heavy atom. The maximum Gasteiger partial charge on any atom is 0.259 e. The number of likely N-dealkylation sites (tertiary alicyclic amines) is 1. The van der Waals surface area contributed by atoms with Crippen LogP contribution < -0.4 is 5.32 Å². The summed E-state index contributed by atoms with van der Waals surface area (Å²) in [5.74, 6) is 1.69. The molecule has 31 heavy (non-hydrogen) atoms. The second-order valence-corrected chi connectivity index (χ2v) is 8.79. The summed E-state index contributed by atoms with van der Waals surface area (Å²) in [5, 5.41) is 9.52. The zero-order valence-corrected chi connectivity index (χ0v) is 18.5. The minimum absolute atomic E-state index is 0.0181. The fourth-order valence-electron chi connectivity index (χ4n) is 4.33. The van der Waals surface area contributed by atoms with Gasteiger partial charge in [-0.3, -0.25) is 9.20 Å². The van der Waals surface area contributed by atoms with Gasteiger partial charge in [0.1, 0.15) is 16.2 Å². The number of anilines is 2. The van der Waals surface area contributed by atoms with Gasteiger partial charge in [-0.2, -0.15) is 0 Å². The van der Waals surface area contributed by atoms with Crippen LogP contribution in [-0.4, -0.2) is 38.4 Å². The summed E-state index contributed by atoms with van der Waals surface area (Å²) in [6, 6.07) is 10.1. The van der Waals surface area contributed by atoms with E-state index >= 15 is 0 Å². The van der Waals surface area contributed by atoms with Gasteiger partial charge in [-0.1, -0.05) is 30.3 Å². The first-order valence-electron chi connectivity index (χ1n) is 10.7. The van der Waals surface area contributed by atoms with E-state index < -0.39 is 0 Å². The summed E-state index contributed by atoms with van der Waals surface area (Å²) in [4.78, 5) is 21.3. The van der Waals surface area contributed by atoms with Crippen LogP contribution in [0.2, 0.25) is 0 Å². The molecule has 1 atom stereocenters. The van der Waals surface area contributed by atoms with E-state index in [1.807, 2.05) is 55.3 Å². The minimum Gasteiger partial charge on any atom is -0.360 e. The van der Waals surface area contributed by atoms with Gasteiger partial charge in [0.2, 0.25) is 5.95 Å². The smallest absolute Gasteiger partial charge is 0.259 e. The number of carbonyl (C=O) groups is 1. The van der Waals surface area contributed by atoms with Crippen molar-refractivity contribution in [3.63, 3.8) is 0 Å². The highest BCUT2D eigenvalue weighted by atomic mass is 32.1. The molecule has 1 N–H and O–H groups in total. The van der Waals surface area contributed by atoms with E-state index in [0.717, 1.165) is 41.5 Å². The number of para-hydroxylation sites is 1. The largest absolute Gasteiger partial charge is 0.360 e. The molecule has 0 saturated carbocycles. The highest BCUT2D eigenvalue weighted by Crippen LogP contribution is 2.34. The molecule has 3 aromatic heterocycles. The van der Waals surface area contributed by atoms with Crippen molar-refractivity contribution in [1.29, 1.82) is 0 Å². The second kappa shape index (κ2) is 8.19. The monoisotopic (exact) mass is 435 g/mol. The predicted molar refractivity (Wildman–Crippen MR) is 121 cm³/mol. The van der Waals surface area contributed by atoms with E-state index in [2.05, 4.69) is 20.3 Å². The van der Waals surface area contributed by atoms with Crippen LogP contribution in [0.5, 0.6) is 0 Å². The average molecular weight is 436 g/mol. The lowest BCUT2D eigenvalue weighted by atomic mass is 9.94. The summed E-state index contributed by atoms with van der Waals surface area (Å²) in [6.07, 6.45) is 4.67. The number of imidazole rings is 1. The summed E-state index contributed by atoms with van der Waals surface area (Å²) in [7, 11) is 0. The van der Waals surface area contributed by atoms with E-state index in [-0.39, 0.29) is 11.8 Å². The number of hydrogen-bond acceptors (Lipinski definition) is 6. The number of piperidine rings is 1. The van der Waals surface area contributed by atoms with Crippen molar-refractivity contribution >= 4 is 33.7 Å². The molecule has 4 heterocycles. The molecule has 1 fully saturated rings. The summed E-state index contributed by atoms with van der Waals surface area (Å²) in [6.45, 7) is 5.22. The molecule has 7 nitrogen and oxygen atoms in total. The molecule has 0 aliphatic carbocycles. The van der Waals surface area contributed by atoms with Crippen LogP contribution in [0.3, 0.4) is 0 Å². The fourth-order valence-corrected chi connectivity index (χ4v) is 5.23. The van der Waals surface area contributed by atoms with Crippen molar-refractivity contribution < 1.29 is 9.32 Å². The second-order valence-electron chi connectivity index (χ2n) is 7.90. The van der Waals surface area contributed by atoms with E-state index in [9.17, 15) is 4.79 Å². The first-order chi connectivity index (χ1) is 15.2. The Morgan fingerprint density at radius 1 is 1.32 bits per heavy atom. The Labute approximate surface area is 184 Å². The Balaban J connectivity index is 1.42. The lowest BCUT2D eigenvalue weighted by Crippen LogP contribution is -2.39. The van der Waals surface area contributed by atoms with E-state index in [0.29, 0.717) is 30.0 Å². The molecular formula is C23H25N5O2S. The van der Waals surface area contributed by atoms with Gasteiger partial charge in [0.05, 0.1) is 11.4 Å². The highest BCUT2D eigenvalue weighted by Gasteiger charge is 2.32. The maximum atomic E-state index is 13.3. The molecular weight excluding hydrogens is 410 g/mol. The Bertz CT molecular complexity index is 1210. The van der Waals surface area contributed by atoms with Gasteiger partial charge in [0.15, 0.2) is 0 Å². The molecule has 4 aromatic rings. The molecule has 0 unspecified atom stereocenters. The van der Waals surface area contributed by atoms with Gasteiger partial charge in [-0.25, -0.2) is 4.98 Å². The first kappa shape index (κ1) is 19.8. The zero-order valence-electron chi connectivity index (χ0n) is 17.7. The molecule has 8 heteroatoms. The third kappa shape index (κ3) is 3.61. The summed E-state index contributed by atoms with van der Waals surface area (Å²) in [5.41, 5.74) is 3.35. The number of amides is 1. The van der Waals surface area contributed by atoms with Crippen LogP contribution in [0.1, 0.15) is 53.2 Å². The van der Waals surface area contributed by atoms with Crippen LogP contribution in [0.15, 0.2) is 46.4 Å². The number of nitrogens with one attached hydrogen (secondary N) is 1. The van der Waals surface area contributed by atoms with E-state index in [1.165, 1.54) is 0 Å². The van der Waals surface area contributed by atoms with Crippen molar-refractivity contribution in [2.75, 3.05) is 18.4 Å². The normalized spacial score (nSPS) is 16.7. The lowest BCUT2D eigenvalue weighted by Gasteiger charge is -2.32. The van der Waals surface area contributed by atoms with Gasteiger partial charge in [0, 0.05) is 42.7 Å². The number of aromatic nitrogens is 3. The number of hydrogen-bond donors (Lipinski definition) is 1. The maximum absolute atomic E-state index is 13.3. The van der Waals surface area contributed by atoms with Gasteiger partial charge in [0.25, 0.3) is 5.91 Å². The number of fused-ring (bicyclic) bond motifs is 1. The van der Waals surface area contributed by atoms with Crippen molar-refractivity contribution in [1.82, 2.24) is 19.4 Å². The number of rotatable bonds is 5. The predicted octanol–water partition coefficient (Wildman–Crippen LogP) is 5.02. The molecule has 1 aliphatic rings. The third-order valence-electron chi connectivity index (χ3n) is 5.88. The van der Waals surface area contributed by atoms with Gasteiger partial charge in [-0.15, -0.1) is 11.3 Å². The summed E-state index contributed by atoms with van der Waals surface area (Å²) < 4.78 is 7.46. The van der Waals surface area contributed by atoms with Crippen LogP contribution in [0.4, 0.5) is 11.6 Å². The highest BCUT2D eigenvalue weighted by molar-refractivity contribution is 7.15. The standard InChI is InChI=1S/C23H25N5O2S/c1-3-18-19(15(2)26-30-18)21(29)27-11-7-8-16(14-27)20-22-28(12-13-31-22)23(25-20)24-17-9-5-4-6-10-17/h4-6,9-10,12-13,16H,3,7-8,11,14H2,1-2H3,(H,24,25)/t16-/m0/s1. The van der Waals surface area contributed by atoms with Crippen molar-refractivity contribution in [3.05, 3.63) is 64.6 Å². The fraction of sp³-hybridized carbons (Fsp3) is 0.348. The molecule has 0 bridgehead atoms. The molecule has 160 valence electrons. The third-order valence-corrected chi connectivity index (χ3v) is 6.76. The van der Waals surface area contributed by atoms with Crippen LogP contribution in [0, 0.1) is 6.92 Å². The molecule has 0 radical (unpaired) electrons. The quantitative estimate of drug-likeness (QED) is 0.476. The Hall–Kier alpha value is -3.13.